The highest BCUT2D eigenvalue weighted by atomic mass is 79.9. The predicted molar refractivity (Wildman–Crippen MR) is 83.3 cm³/mol. The second-order valence-electron chi connectivity index (χ2n) is 4.44. The summed E-state index contributed by atoms with van der Waals surface area (Å²) in [6.45, 7) is 4.91. The number of hydrogen-bond acceptors (Lipinski definition) is 3. The van der Waals surface area contributed by atoms with Crippen LogP contribution in [0.5, 0.6) is 0 Å². The van der Waals surface area contributed by atoms with Gasteiger partial charge in [0.2, 0.25) is 0 Å². The fourth-order valence-electron chi connectivity index (χ4n) is 1.91. The summed E-state index contributed by atoms with van der Waals surface area (Å²) >= 11 is 3.55. The quantitative estimate of drug-likeness (QED) is 0.876. The van der Waals surface area contributed by atoms with Crippen LogP contribution in [-0.4, -0.2) is 16.5 Å². The van der Waals surface area contributed by atoms with E-state index in [2.05, 4.69) is 38.1 Å². The van der Waals surface area contributed by atoms with Gasteiger partial charge in [-0.05, 0) is 53.5 Å². The maximum absolute atomic E-state index is 13.0. The van der Waals surface area contributed by atoms with E-state index in [9.17, 15) is 4.39 Å². The van der Waals surface area contributed by atoms with Crippen molar-refractivity contribution in [2.24, 2.45) is 0 Å². The topological polar surface area (TPSA) is 37.8 Å². The van der Waals surface area contributed by atoms with E-state index in [0.717, 1.165) is 40.9 Å². The minimum Gasteiger partial charge on any atom is -0.369 e. The third kappa shape index (κ3) is 3.33. The van der Waals surface area contributed by atoms with Gasteiger partial charge in [0.25, 0.3) is 0 Å². The highest BCUT2D eigenvalue weighted by molar-refractivity contribution is 9.10. The van der Waals surface area contributed by atoms with Gasteiger partial charge in [0, 0.05) is 12.1 Å². The largest absolute Gasteiger partial charge is 0.369 e. The Bertz CT molecular complexity index is 557. The Morgan fingerprint density at radius 3 is 2.45 bits per heavy atom. The molecule has 0 amide bonds. The van der Waals surface area contributed by atoms with Gasteiger partial charge in [-0.2, -0.15) is 0 Å². The van der Waals surface area contributed by atoms with Crippen LogP contribution in [0.1, 0.15) is 26.0 Å². The monoisotopic (exact) mass is 337 g/mol. The summed E-state index contributed by atoms with van der Waals surface area (Å²) in [6.07, 6.45) is 1.87. The van der Waals surface area contributed by atoms with Crippen LogP contribution in [0.2, 0.25) is 0 Å². The third-order valence-electron chi connectivity index (χ3n) is 2.85. The molecular weight excluding hydrogens is 321 g/mol. The Labute approximate surface area is 126 Å². The van der Waals surface area contributed by atoms with E-state index >= 15 is 0 Å². The SMILES string of the molecule is CCCc1nc(-c2ccc(F)cc2)nc(NCC)c1Br. The second-order valence-corrected chi connectivity index (χ2v) is 5.24. The van der Waals surface area contributed by atoms with Crippen molar-refractivity contribution in [1.82, 2.24) is 9.97 Å². The lowest BCUT2D eigenvalue weighted by atomic mass is 10.2. The zero-order valence-electron chi connectivity index (χ0n) is 11.6. The van der Waals surface area contributed by atoms with Gasteiger partial charge >= 0.3 is 0 Å². The predicted octanol–water partition coefficient (Wildman–Crippen LogP) is 4.43. The molecule has 1 heterocycles. The number of rotatable bonds is 5. The van der Waals surface area contributed by atoms with E-state index in [1.165, 1.54) is 12.1 Å². The molecule has 0 spiro atoms. The summed E-state index contributed by atoms with van der Waals surface area (Å²) in [7, 11) is 0. The van der Waals surface area contributed by atoms with Crippen molar-refractivity contribution >= 4 is 21.7 Å². The molecule has 1 N–H and O–H groups in total. The molecule has 1 aromatic heterocycles. The molecule has 0 aliphatic heterocycles. The average molecular weight is 338 g/mol. The van der Waals surface area contributed by atoms with Crippen LogP contribution in [0, 0.1) is 5.82 Å². The summed E-state index contributed by atoms with van der Waals surface area (Å²) in [5.41, 5.74) is 1.79. The minimum absolute atomic E-state index is 0.258. The van der Waals surface area contributed by atoms with E-state index in [1.807, 2.05) is 6.92 Å². The first-order valence-electron chi connectivity index (χ1n) is 6.72. The molecule has 0 fully saturated rings. The first kappa shape index (κ1) is 14.9. The molecule has 0 unspecified atom stereocenters. The van der Waals surface area contributed by atoms with Crippen LogP contribution in [0.15, 0.2) is 28.7 Å². The number of nitrogens with zero attached hydrogens (tertiary/aromatic N) is 2. The molecule has 0 saturated heterocycles. The molecule has 2 aromatic rings. The van der Waals surface area contributed by atoms with Crippen molar-refractivity contribution in [3.63, 3.8) is 0 Å². The highest BCUT2D eigenvalue weighted by Gasteiger charge is 2.12. The van der Waals surface area contributed by atoms with Gasteiger partial charge in [0.05, 0.1) is 10.2 Å². The van der Waals surface area contributed by atoms with E-state index in [-0.39, 0.29) is 5.82 Å². The molecule has 0 atom stereocenters. The van der Waals surface area contributed by atoms with Gasteiger partial charge in [-0.1, -0.05) is 13.3 Å². The number of benzene rings is 1. The van der Waals surface area contributed by atoms with Gasteiger partial charge in [-0.25, -0.2) is 14.4 Å². The summed E-state index contributed by atoms with van der Waals surface area (Å²) in [6, 6.07) is 6.24. The van der Waals surface area contributed by atoms with Crippen molar-refractivity contribution in [2.45, 2.75) is 26.7 Å². The minimum atomic E-state index is -0.258. The number of nitrogens with one attached hydrogen (secondary N) is 1. The summed E-state index contributed by atoms with van der Waals surface area (Å²) in [4.78, 5) is 9.10. The van der Waals surface area contributed by atoms with Gasteiger partial charge in [-0.15, -0.1) is 0 Å². The van der Waals surface area contributed by atoms with Crippen LogP contribution in [0.4, 0.5) is 10.2 Å². The molecule has 5 heteroatoms. The Morgan fingerprint density at radius 2 is 1.85 bits per heavy atom. The van der Waals surface area contributed by atoms with E-state index in [1.54, 1.807) is 12.1 Å². The normalized spacial score (nSPS) is 10.6. The molecule has 20 heavy (non-hydrogen) atoms. The number of hydrogen-bond donors (Lipinski definition) is 1. The van der Waals surface area contributed by atoms with Gasteiger partial charge in [0.1, 0.15) is 11.6 Å². The smallest absolute Gasteiger partial charge is 0.161 e. The van der Waals surface area contributed by atoms with Gasteiger partial charge < -0.3 is 5.32 Å². The molecule has 0 saturated carbocycles. The molecular formula is C15H17BrFN3. The van der Waals surface area contributed by atoms with Crippen LogP contribution in [0.25, 0.3) is 11.4 Å². The molecule has 1 aromatic carbocycles. The van der Waals surface area contributed by atoms with Crippen LogP contribution in [-0.2, 0) is 6.42 Å². The summed E-state index contributed by atoms with van der Waals surface area (Å²) < 4.78 is 13.9. The first-order valence-corrected chi connectivity index (χ1v) is 7.51. The molecule has 0 aliphatic carbocycles. The van der Waals surface area contributed by atoms with E-state index in [4.69, 9.17) is 0 Å². The van der Waals surface area contributed by atoms with E-state index in [0.29, 0.717) is 5.82 Å². The second kappa shape index (κ2) is 6.79. The molecule has 0 aliphatic rings. The third-order valence-corrected chi connectivity index (χ3v) is 3.69. The fraction of sp³-hybridized carbons (Fsp3) is 0.333. The summed E-state index contributed by atoms with van der Waals surface area (Å²) in [5, 5.41) is 3.22. The van der Waals surface area contributed by atoms with Crippen LogP contribution < -0.4 is 5.32 Å². The van der Waals surface area contributed by atoms with Gasteiger partial charge in [0.15, 0.2) is 5.82 Å². The number of aryl methyl sites for hydroxylation is 1. The first-order chi connectivity index (χ1) is 9.65. The maximum Gasteiger partial charge on any atom is 0.161 e. The van der Waals surface area contributed by atoms with E-state index < -0.39 is 0 Å². The van der Waals surface area contributed by atoms with Crippen molar-refractivity contribution < 1.29 is 4.39 Å². The van der Waals surface area contributed by atoms with Gasteiger partial charge in [-0.3, -0.25) is 0 Å². The standard InChI is InChI=1S/C15H17BrFN3/c1-3-5-12-13(16)15(18-4-2)20-14(19-12)10-6-8-11(17)9-7-10/h6-9H,3-5H2,1-2H3,(H,18,19,20). The molecule has 106 valence electrons. The van der Waals surface area contributed by atoms with Crippen LogP contribution >= 0.6 is 15.9 Å². The Kier molecular flexibility index (Phi) is 5.06. The Morgan fingerprint density at radius 1 is 1.15 bits per heavy atom. The Hall–Kier alpha value is -1.49. The zero-order chi connectivity index (χ0) is 14.5. The lowest BCUT2D eigenvalue weighted by Gasteiger charge is -2.12. The number of aromatic nitrogens is 2. The maximum atomic E-state index is 13.0. The Balaban J connectivity index is 2.49. The lowest BCUT2D eigenvalue weighted by Crippen LogP contribution is -2.06. The molecule has 0 bridgehead atoms. The molecule has 2 rings (SSSR count). The lowest BCUT2D eigenvalue weighted by molar-refractivity contribution is 0.628. The zero-order valence-corrected chi connectivity index (χ0v) is 13.2. The van der Waals surface area contributed by atoms with Crippen molar-refractivity contribution in [3.8, 4) is 11.4 Å². The van der Waals surface area contributed by atoms with Crippen LogP contribution in [0.3, 0.4) is 0 Å². The summed E-state index contributed by atoms with van der Waals surface area (Å²) in [5.74, 6) is 1.14. The number of halogens is 2. The average Bonchev–Trinajstić information content (AvgIpc) is 2.44. The molecule has 0 radical (unpaired) electrons. The fourth-order valence-corrected chi connectivity index (χ4v) is 2.42. The van der Waals surface area contributed by atoms with Crippen molar-refractivity contribution in [1.29, 1.82) is 0 Å². The highest BCUT2D eigenvalue weighted by Crippen LogP contribution is 2.28. The molecule has 3 nitrogen and oxygen atoms in total. The van der Waals surface area contributed by atoms with Crippen molar-refractivity contribution in [2.75, 3.05) is 11.9 Å². The number of anilines is 1. The van der Waals surface area contributed by atoms with Crippen molar-refractivity contribution in [3.05, 3.63) is 40.2 Å².